The van der Waals surface area contributed by atoms with Gasteiger partial charge in [-0.25, -0.2) is 13.8 Å². The number of fused-ring (bicyclic) bond motifs is 1. The number of benzene rings is 1. The van der Waals surface area contributed by atoms with Gasteiger partial charge in [-0.05, 0) is 0 Å². The average Bonchev–Trinajstić information content (AvgIpc) is 2.93. The molecule has 3 rings (SSSR count). The Morgan fingerprint density at radius 2 is 1.79 bits per heavy atom. The summed E-state index contributed by atoms with van der Waals surface area (Å²) in [7, 11) is 0. The summed E-state index contributed by atoms with van der Waals surface area (Å²) in [6, 6.07) is 1.61. The van der Waals surface area contributed by atoms with Crippen LogP contribution >= 0.6 is 0 Å². The summed E-state index contributed by atoms with van der Waals surface area (Å²) >= 11 is 0. The van der Waals surface area contributed by atoms with Crippen LogP contribution in [-0.2, 0) is 4.79 Å². The van der Waals surface area contributed by atoms with Crippen LogP contribution in [0, 0.1) is 23.5 Å². The molecule has 2 atom stereocenters. The molecule has 1 aromatic carbocycles. The molecule has 1 aromatic heterocycles. The third-order valence-electron chi connectivity index (χ3n) is 3.95. The second-order valence-electron chi connectivity index (χ2n) is 5.48. The molecule has 1 aliphatic heterocycles. The smallest absolute Gasteiger partial charge is 0.394 e. The summed E-state index contributed by atoms with van der Waals surface area (Å²) in [5.41, 5.74) is 0.00716. The first-order valence-corrected chi connectivity index (χ1v) is 6.83. The summed E-state index contributed by atoms with van der Waals surface area (Å²) in [4.78, 5) is 20.0. The van der Waals surface area contributed by atoms with Crippen LogP contribution in [0.5, 0.6) is 0 Å². The molecule has 128 valence electrons. The van der Waals surface area contributed by atoms with Gasteiger partial charge in [0.2, 0.25) is 0 Å². The van der Waals surface area contributed by atoms with E-state index >= 15 is 0 Å². The topological polar surface area (TPSA) is 66.3 Å². The number of hydrogen-bond donors (Lipinski definition) is 1. The average molecular weight is 347 g/mol. The highest BCUT2D eigenvalue weighted by molar-refractivity contribution is 5.76. The van der Waals surface area contributed by atoms with Crippen molar-refractivity contribution in [1.82, 2.24) is 9.97 Å². The van der Waals surface area contributed by atoms with E-state index < -0.39 is 48.7 Å². The molecule has 0 radical (unpaired) electrons. The molecule has 1 fully saturated rings. The van der Waals surface area contributed by atoms with Crippen LogP contribution in [0.2, 0.25) is 0 Å². The number of aliphatic carboxylic acids is 1. The predicted molar refractivity (Wildman–Crippen MR) is 72.3 cm³/mol. The van der Waals surface area contributed by atoms with Crippen molar-refractivity contribution in [2.75, 3.05) is 18.0 Å². The Kier molecular flexibility index (Phi) is 3.77. The minimum absolute atomic E-state index is 0.0218. The van der Waals surface area contributed by atoms with Crippen LogP contribution in [0.25, 0.3) is 11.0 Å². The fourth-order valence-electron chi connectivity index (χ4n) is 2.72. The molecule has 0 aliphatic carbocycles. The van der Waals surface area contributed by atoms with Crippen molar-refractivity contribution in [3.8, 4) is 0 Å². The minimum Gasteiger partial charge on any atom is -0.481 e. The van der Waals surface area contributed by atoms with Crippen LogP contribution in [0.4, 0.5) is 27.8 Å². The van der Waals surface area contributed by atoms with Crippen LogP contribution in [0.1, 0.15) is 0 Å². The molecular formula is C14H10F5N3O2. The lowest BCUT2D eigenvalue weighted by atomic mass is 9.96. The van der Waals surface area contributed by atoms with Crippen molar-refractivity contribution in [1.29, 1.82) is 0 Å². The van der Waals surface area contributed by atoms with E-state index in [1.165, 1.54) is 0 Å². The molecule has 5 nitrogen and oxygen atoms in total. The normalized spacial score (nSPS) is 21.5. The van der Waals surface area contributed by atoms with Gasteiger partial charge in [-0.1, -0.05) is 0 Å². The van der Waals surface area contributed by atoms with Crippen molar-refractivity contribution >= 4 is 22.8 Å². The number of anilines is 1. The van der Waals surface area contributed by atoms with Crippen LogP contribution in [0.15, 0.2) is 18.3 Å². The van der Waals surface area contributed by atoms with Gasteiger partial charge in [-0.2, -0.15) is 13.2 Å². The van der Waals surface area contributed by atoms with E-state index in [1.54, 1.807) is 0 Å². The molecule has 0 amide bonds. The first-order chi connectivity index (χ1) is 11.2. The molecule has 24 heavy (non-hydrogen) atoms. The minimum atomic E-state index is -4.67. The molecule has 2 aromatic rings. The zero-order chi connectivity index (χ0) is 17.6. The lowest BCUT2D eigenvalue weighted by Crippen LogP contribution is -2.33. The van der Waals surface area contributed by atoms with Crippen LogP contribution in [0.3, 0.4) is 0 Å². The quantitative estimate of drug-likeness (QED) is 0.846. The molecular weight excluding hydrogens is 337 g/mol. The maximum atomic E-state index is 13.3. The van der Waals surface area contributed by atoms with Gasteiger partial charge in [0.1, 0.15) is 5.82 Å². The maximum absolute atomic E-state index is 13.3. The lowest BCUT2D eigenvalue weighted by molar-refractivity contribution is -0.187. The lowest BCUT2D eigenvalue weighted by Gasteiger charge is -2.18. The Morgan fingerprint density at radius 3 is 2.33 bits per heavy atom. The zero-order valence-electron chi connectivity index (χ0n) is 11.9. The van der Waals surface area contributed by atoms with E-state index in [9.17, 15) is 26.7 Å². The van der Waals surface area contributed by atoms with Gasteiger partial charge in [-0.15, -0.1) is 0 Å². The standard InChI is InChI=1S/C14H10F5N3O2/c15-8-1-10-11(2-9(8)16)21-12(3-20-10)22-4-6(13(23)24)7(5-22)14(17,18)19/h1-3,6-7H,4-5H2,(H,23,24)/t6-,7-/m1/s1. The maximum Gasteiger partial charge on any atom is 0.394 e. The SMILES string of the molecule is O=C(O)[C@@H]1CN(c2cnc3cc(F)c(F)cc3n2)C[C@H]1C(F)(F)F. The number of carbonyl (C=O) groups is 1. The van der Waals surface area contributed by atoms with Crippen molar-refractivity contribution in [3.05, 3.63) is 30.0 Å². The van der Waals surface area contributed by atoms with E-state index in [4.69, 9.17) is 5.11 Å². The zero-order valence-corrected chi connectivity index (χ0v) is 11.9. The molecule has 1 saturated heterocycles. The summed E-state index contributed by atoms with van der Waals surface area (Å²) < 4.78 is 65.4. The third-order valence-corrected chi connectivity index (χ3v) is 3.95. The Balaban J connectivity index is 1.96. The number of carboxylic acids is 1. The third kappa shape index (κ3) is 2.83. The van der Waals surface area contributed by atoms with Gasteiger partial charge >= 0.3 is 12.1 Å². The predicted octanol–water partition coefficient (Wildman–Crippen LogP) is 2.61. The van der Waals surface area contributed by atoms with Crippen molar-refractivity contribution < 1.29 is 31.9 Å². The largest absolute Gasteiger partial charge is 0.481 e. The fraction of sp³-hybridized carbons (Fsp3) is 0.357. The molecule has 0 unspecified atom stereocenters. The highest BCUT2D eigenvalue weighted by atomic mass is 19.4. The molecule has 0 bridgehead atoms. The van der Waals surface area contributed by atoms with Crippen molar-refractivity contribution in [2.24, 2.45) is 11.8 Å². The van der Waals surface area contributed by atoms with Gasteiger partial charge in [-0.3, -0.25) is 9.78 Å². The molecule has 1 N–H and O–H groups in total. The highest BCUT2D eigenvalue weighted by Gasteiger charge is 2.52. The van der Waals surface area contributed by atoms with Crippen molar-refractivity contribution in [3.63, 3.8) is 0 Å². The molecule has 1 aliphatic rings. The second kappa shape index (κ2) is 5.53. The molecule has 10 heteroatoms. The van der Waals surface area contributed by atoms with Gasteiger partial charge < -0.3 is 10.0 Å². The fourth-order valence-corrected chi connectivity index (χ4v) is 2.72. The van der Waals surface area contributed by atoms with Crippen molar-refractivity contribution in [2.45, 2.75) is 6.18 Å². The summed E-state index contributed by atoms with van der Waals surface area (Å²) in [6.45, 7) is -0.992. The monoisotopic (exact) mass is 347 g/mol. The van der Waals surface area contributed by atoms with Gasteiger partial charge in [0.05, 0.1) is 29.1 Å². The van der Waals surface area contributed by atoms with E-state index in [0.717, 1.165) is 23.2 Å². The summed E-state index contributed by atoms with van der Waals surface area (Å²) in [5, 5.41) is 9.00. The number of alkyl halides is 3. The van der Waals surface area contributed by atoms with Gasteiger partial charge in [0.25, 0.3) is 0 Å². The first kappa shape index (κ1) is 16.3. The Bertz CT molecular complexity index is 811. The van der Waals surface area contributed by atoms with E-state index in [1.807, 2.05) is 0 Å². The van der Waals surface area contributed by atoms with Gasteiger partial charge in [0.15, 0.2) is 11.6 Å². The van der Waals surface area contributed by atoms with Gasteiger partial charge in [0, 0.05) is 25.2 Å². The number of carboxylic acid groups (broad SMARTS) is 1. The van der Waals surface area contributed by atoms with E-state index in [0.29, 0.717) is 0 Å². The Morgan fingerprint density at radius 1 is 1.17 bits per heavy atom. The van der Waals surface area contributed by atoms with Crippen LogP contribution in [-0.4, -0.2) is 40.3 Å². The van der Waals surface area contributed by atoms with Crippen LogP contribution < -0.4 is 4.90 Å². The van der Waals surface area contributed by atoms with E-state index in [2.05, 4.69) is 9.97 Å². The number of nitrogens with zero attached hydrogens (tertiary/aromatic N) is 3. The molecule has 0 saturated carbocycles. The molecule has 2 heterocycles. The summed E-state index contributed by atoms with van der Waals surface area (Å²) in [6.07, 6.45) is -3.56. The Labute approximate surface area is 131 Å². The number of rotatable bonds is 2. The molecule has 0 spiro atoms. The Hall–Kier alpha value is -2.52. The number of hydrogen-bond acceptors (Lipinski definition) is 4. The second-order valence-corrected chi connectivity index (χ2v) is 5.48. The first-order valence-electron chi connectivity index (χ1n) is 6.83. The highest BCUT2D eigenvalue weighted by Crippen LogP contribution is 2.39. The van der Waals surface area contributed by atoms with E-state index in [-0.39, 0.29) is 16.9 Å². The number of halogens is 5. The number of aromatic nitrogens is 2. The summed E-state index contributed by atoms with van der Waals surface area (Å²) in [5.74, 6) is -7.53.